The Labute approximate surface area is 113 Å². The zero-order valence-corrected chi connectivity index (χ0v) is 11.3. The molecule has 3 atom stereocenters. The van der Waals surface area contributed by atoms with Crippen LogP contribution in [0.3, 0.4) is 0 Å². The minimum Gasteiger partial charge on any atom is -0.379 e. The third kappa shape index (κ3) is 2.33. The van der Waals surface area contributed by atoms with E-state index < -0.39 is 0 Å². The van der Waals surface area contributed by atoms with E-state index in [1.54, 1.807) is 7.11 Å². The third-order valence-corrected chi connectivity index (χ3v) is 3.81. The van der Waals surface area contributed by atoms with Crippen LogP contribution in [0.1, 0.15) is 13.3 Å². The molecule has 3 rings (SSSR count). The van der Waals surface area contributed by atoms with Crippen LogP contribution in [0, 0.1) is 0 Å². The lowest BCUT2D eigenvalue weighted by Crippen LogP contribution is -2.56. The Hall–Kier alpha value is -1.52. The first-order valence-corrected chi connectivity index (χ1v) is 6.80. The molecular weight excluding hydrogens is 240 g/mol. The fraction of sp³-hybridized carbons (Fsp3) is 0.467. The van der Waals surface area contributed by atoms with Crippen LogP contribution >= 0.6 is 0 Å². The van der Waals surface area contributed by atoms with Crippen molar-refractivity contribution in [2.24, 2.45) is 0 Å². The highest BCUT2D eigenvalue weighted by molar-refractivity contribution is 5.83. The smallest absolute Gasteiger partial charge is 0.103 e. The minimum atomic E-state index is 0.141. The Balaban J connectivity index is 1.68. The number of aromatic amines is 1. The van der Waals surface area contributed by atoms with Crippen LogP contribution in [0.25, 0.3) is 10.9 Å². The number of rotatable bonds is 5. The van der Waals surface area contributed by atoms with Gasteiger partial charge in [0.25, 0.3) is 0 Å². The van der Waals surface area contributed by atoms with Crippen molar-refractivity contribution in [1.29, 1.82) is 0 Å². The predicted molar refractivity (Wildman–Crippen MR) is 76.5 cm³/mol. The Morgan fingerprint density at radius 3 is 3.05 bits per heavy atom. The molecule has 1 heterocycles. The Bertz CT molecular complexity index is 552. The zero-order valence-electron chi connectivity index (χ0n) is 11.3. The van der Waals surface area contributed by atoms with Crippen molar-refractivity contribution in [3.63, 3.8) is 0 Å². The molecule has 4 heteroatoms. The van der Waals surface area contributed by atoms with Crippen molar-refractivity contribution in [3.8, 4) is 0 Å². The summed E-state index contributed by atoms with van der Waals surface area (Å²) in [5, 5.41) is 4.75. The van der Waals surface area contributed by atoms with Gasteiger partial charge >= 0.3 is 0 Å². The van der Waals surface area contributed by atoms with Crippen molar-refractivity contribution in [1.82, 2.24) is 4.98 Å². The summed E-state index contributed by atoms with van der Waals surface area (Å²) in [4.78, 5) is 3.20. The van der Waals surface area contributed by atoms with Gasteiger partial charge in [-0.15, -0.1) is 0 Å². The van der Waals surface area contributed by atoms with E-state index in [1.165, 1.54) is 5.39 Å². The van der Waals surface area contributed by atoms with Gasteiger partial charge in [0.15, 0.2) is 0 Å². The van der Waals surface area contributed by atoms with Crippen LogP contribution < -0.4 is 5.32 Å². The van der Waals surface area contributed by atoms with Crippen molar-refractivity contribution >= 4 is 16.6 Å². The minimum absolute atomic E-state index is 0.141. The van der Waals surface area contributed by atoms with Crippen LogP contribution in [-0.4, -0.2) is 37.0 Å². The Kier molecular flexibility index (Phi) is 3.44. The van der Waals surface area contributed by atoms with Gasteiger partial charge in [-0.25, -0.2) is 0 Å². The van der Waals surface area contributed by atoms with E-state index in [1.807, 2.05) is 13.1 Å². The number of hydrogen-bond acceptors (Lipinski definition) is 3. The molecule has 1 aromatic heterocycles. The van der Waals surface area contributed by atoms with Crippen molar-refractivity contribution < 1.29 is 9.47 Å². The fourth-order valence-electron chi connectivity index (χ4n) is 2.77. The summed E-state index contributed by atoms with van der Waals surface area (Å²) in [6.07, 6.45) is 3.32. The number of benzene rings is 1. The lowest BCUT2D eigenvalue weighted by molar-refractivity contribution is -0.118. The lowest BCUT2D eigenvalue weighted by Gasteiger charge is -2.43. The third-order valence-electron chi connectivity index (χ3n) is 3.81. The van der Waals surface area contributed by atoms with Gasteiger partial charge in [-0.05, 0) is 37.6 Å². The van der Waals surface area contributed by atoms with Gasteiger partial charge < -0.3 is 19.8 Å². The summed E-state index contributed by atoms with van der Waals surface area (Å²) in [7, 11) is 1.75. The molecule has 1 aliphatic rings. The maximum Gasteiger partial charge on any atom is 0.103 e. The highest BCUT2D eigenvalue weighted by Crippen LogP contribution is 2.30. The van der Waals surface area contributed by atoms with Gasteiger partial charge in [0.05, 0.1) is 12.1 Å². The Morgan fingerprint density at radius 2 is 2.26 bits per heavy atom. The maximum absolute atomic E-state index is 5.64. The quantitative estimate of drug-likeness (QED) is 0.869. The van der Waals surface area contributed by atoms with E-state index in [-0.39, 0.29) is 12.2 Å². The van der Waals surface area contributed by atoms with E-state index in [0.29, 0.717) is 6.04 Å². The highest BCUT2D eigenvalue weighted by Gasteiger charge is 2.42. The van der Waals surface area contributed by atoms with E-state index in [4.69, 9.17) is 9.47 Å². The summed E-state index contributed by atoms with van der Waals surface area (Å²) >= 11 is 0. The molecule has 0 bridgehead atoms. The molecule has 102 valence electrons. The number of methoxy groups -OCH3 is 1. The first-order chi connectivity index (χ1) is 9.31. The average molecular weight is 260 g/mol. The number of aromatic nitrogens is 1. The van der Waals surface area contributed by atoms with Crippen LogP contribution in [0.15, 0.2) is 30.5 Å². The number of ether oxygens (including phenoxy) is 2. The topological polar surface area (TPSA) is 46.3 Å². The summed E-state index contributed by atoms with van der Waals surface area (Å²) < 4.78 is 11.2. The van der Waals surface area contributed by atoms with Crippen LogP contribution in [0.4, 0.5) is 5.69 Å². The average Bonchev–Trinajstić information content (AvgIpc) is 2.85. The Morgan fingerprint density at radius 1 is 1.37 bits per heavy atom. The van der Waals surface area contributed by atoms with Crippen molar-refractivity contribution in [2.45, 2.75) is 31.6 Å². The molecular formula is C15H20N2O2. The van der Waals surface area contributed by atoms with Gasteiger partial charge in [0.1, 0.15) is 6.10 Å². The van der Waals surface area contributed by atoms with Gasteiger partial charge in [-0.2, -0.15) is 0 Å². The van der Waals surface area contributed by atoms with Crippen LogP contribution in [-0.2, 0) is 9.47 Å². The van der Waals surface area contributed by atoms with Crippen LogP contribution in [0.2, 0.25) is 0 Å². The SMILES string of the molecule is CCOC1CC(Nc2ccc3[nH]ccc3c2)C1OC. The molecule has 19 heavy (non-hydrogen) atoms. The van der Waals surface area contributed by atoms with E-state index in [2.05, 4.69) is 34.6 Å². The van der Waals surface area contributed by atoms with Gasteiger partial charge in [-0.3, -0.25) is 0 Å². The highest BCUT2D eigenvalue weighted by atomic mass is 16.5. The van der Waals surface area contributed by atoms with Crippen LogP contribution in [0.5, 0.6) is 0 Å². The molecule has 0 saturated heterocycles. The van der Waals surface area contributed by atoms with Crippen molar-refractivity contribution in [3.05, 3.63) is 30.5 Å². The molecule has 2 aromatic rings. The summed E-state index contributed by atoms with van der Waals surface area (Å²) in [6, 6.07) is 8.76. The van der Waals surface area contributed by atoms with Gasteiger partial charge in [-0.1, -0.05) is 0 Å². The lowest BCUT2D eigenvalue weighted by atomic mass is 9.85. The summed E-state index contributed by atoms with van der Waals surface area (Å²) in [5.74, 6) is 0. The molecule has 1 aliphatic carbocycles. The largest absolute Gasteiger partial charge is 0.379 e. The molecule has 3 unspecified atom stereocenters. The summed E-state index contributed by atoms with van der Waals surface area (Å²) in [5.41, 5.74) is 2.30. The van der Waals surface area contributed by atoms with Gasteiger partial charge in [0, 0.05) is 36.5 Å². The summed E-state index contributed by atoms with van der Waals surface area (Å²) in [6.45, 7) is 2.76. The molecule has 1 aromatic carbocycles. The predicted octanol–water partition coefficient (Wildman–Crippen LogP) is 2.77. The first kappa shape index (κ1) is 12.5. The second-order valence-corrected chi connectivity index (χ2v) is 4.96. The zero-order chi connectivity index (χ0) is 13.2. The second-order valence-electron chi connectivity index (χ2n) is 4.96. The normalized spacial score (nSPS) is 26.3. The molecule has 1 fully saturated rings. The number of nitrogens with one attached hydrogen (secondary N) is 2. The van der Waals surface area contributed by atoms with Crippen molar-refractivity contribution in [2.75, 3.05) is 19.0 Å². The fourth-order valence-corrected chi connectivity index (χ4v) is 2.77. The number of fused-ring (bicyclic) bond motifs is 1. The molecule has 0 aliphatic heterocycles. The first-order valence-electron chi connectivity index (χ1n) is 6.80. The maximum atomic E-state index is 5.64. The van der Waals surface area contributed by atoms with Gasteiger partial charge in [0.2, 0.25) is 0 Å². The second kappa shape index (κ2) is 5.23. The van der Waals surface area contributed by atoms with E-state index >= 15 is 0 Å². The molecule has 0 spiro atoms. The number of anilines is 1. The molecule has 4 nitrogen and oxygen atoms in total. The molecule has 0 amide bonds. The van der Waals surface area contributed by atoms with E-state index in [9.17, 15) is 0 Å². The molecule has 0 radical (unpaired) electrons. The monoisotopic (exact) mass is 260 g/mol. The number of H-pyrrole nitrogens is 1. The number of hydrogen-bond donors (Lipinski definition) is 2. The standard InChI is InChI=1S/C15H20N2O2/c1-3-19-14-9-13(15(14)18-2)17-11-4-5-12-10(8-11)6-7-16-12/h4-8,13-17H,3,9H2,1-2H3. The molecule has 1 saturated carbocycles. The van der Waals surface area contributed by atoms with E-state index in [0.717, 1.165) is 24.2 Å². The molecule has 2 N–H and O–H groups in total.